The zero-order valence-electron chi connectivity index (χ0n) is 10.9. The second-order valence-corrected chi connectivity index (χ2v) is 5.77. The SMILES string of the molecule is Cc1ccc2c(c1)CC(CC1(CN)CCOC1)O2. The van der Waals surface area contributed by atoms with Crippen LogP contribution in [0.1, 0.15) is 24.0 Å². The average Bonchev–Trinajstić information content (AvgIpc) is 2.96. The van der Waals surface area contributed by atoms with Crippen LogP contribution in [0.15, 0.2) is 18.2 Å². The predicted molar refractivity (Wildman–Crippen MR) is 70.8 cm³/mol. The summed E-state index contributed by atoms with van der Waals surface area (Å²) in [5.74, 6) is 1.05. The summed E-state index contributed by atoms with van der Waals surface area (Å²) in [6.07, 6.45) is 3.36. The molecule has 0 amide bonds. The number of ether oxygens (including phenoxy) is 2. The molecule has 1 aromatic carbocycles. The van der Waals surface area contributed by atoms with E-state index < -0.39 is 0 Å². The third-order valence-electron chi connectivity index (χ3n) is 4.24. The Morgan fingerprint density at radius 1 is 1.44 bits per heavy atom. The molecule has 18 heavy (non-hydrogen) atoms. The van der Waals surface area contributed by atoms with E-state index in [9.17, 15) is 0 Å². The summed E-state index contributed by atoms with van der Waals surface area (Å²) >= 11 is 0. The highest BCUT2D eigenvalue weighted by Gasteiger charge is 2.38. The molecule has 2 aliphatic heterocycles. The topological polar surface area (TPSA) is 44.5 Å². The fourth-order valence-corrected chi connectivity index (χ4v) is 3.10. The van der Waals surface area contributed by atoms with Crippen LogP contribution in [-0.4, -0.2) is 25.9 Å². The lowest BCUT2D eigenvalue weighted by Gasteiger charge is -2.28. The standard InChI is InChI=1S/C15H21NO2/c1-11-2-3-14-12(6-11)7-13(18-14)8-15(9-16)4-5-17-10-15/h2-3,6,13H,4-5,7-10,16H2,1H3. The van der Waals surface area contributed by atoms with Crippen molar-refractivity contribution in [2.45, 2.75) is 32.3 Å². The highest BCUT2D eigenvalue weighted by molar-refractivity contribution is 5.40. The molecule has 1 fully saturated rings. The van der Waals surface area contributed by atoms with Gasteiger partial charge in [0, 0.05) is 25.0 Å². The molecule has 0 aliphatic carbocycles. The van der Waals surface area contributed by atoms with Crippen LogP contribution in [-0.2, 0) is 11.2 Å². The normalized spacial score (nSPS) is 30.2. The minimum atomic E-state index is 0.141. The maximum atomic E-state index is 6.04. The smallest absolute Gasteiger partial charge is 0.123 e. The van der Waals surface area contributed by atoms with E-state index in [-0.39, 0.29) is 11.5 Å². The lowest BCUT2D eigenvalue weighted by Crippen LogP contribution is -2.36. The van der Waals surface area contributed by atoms with Crippen LogP contribution in [0.3, 0.4) is 0 Å². The van der Waals surface area contributed by atoms with E-state index in [0.29, 0.717) is 6.54 Å². The summed E-state index contributed by atoms with van der Waals surface area (Å²) in [4.78, 5) is 0. The van der Waals surface area contributed by atoms with Crippen LogP contribution in [0, 0.1) is 12.3 Å². The Morgan fingerprint density at radius 2 is 2.33 bits per heavy atom. The molecule has 2 unspecified atom stereocenters. The van der Waals surface area contributed by atoms with Crippen molar-refractivity contribution in [3.8, 4) is 5.75 Å². The Labute approximate surface area is 108 Å². The molecular weight excluding hydrogens is 226 g/mol. The summed E-state index contributed by atoms with van der Waals surface area (Å²) in [5, 5.41) is 0. The number of nitrogens with two attached hydrogens (primary N) is 1. The van der Waals surface area contributed by atoms with Crippen molar-refractivity contribution in [1.82, 2.24) is 0 Å². The monoisotopic (exact) mass is 247 g/mol. The quantitative estimate of drug-likeness (QED) is 0.889. The molecule has 2 heterocycles. The van der Waals surface area contributed by atoms with E-state index in [2.05, 4.69) is 25.1 Å². The highest BCUT2D eigenvalue weighted by atomic mass is 16.5. The van der Waals surface area contributed by atoms with Gasteiger partial charge in [0.15, 0.2) is 0 Å². The maximum Gasteiger partial charge on any atom is 0.123 e. The number of fused-ring (bicyclic) bond motifs is 1. The van der Waals surface area contributed by atoms with Gasteiger partial charge in [-0.3, -0.25) is 0 Å². The Bertz CT molecular complexity index is 438. The highest BCUT2D eigenvalue weighted by Crippen LogP contribution is 2.38. The molecule has 0 radical (unpaired) electrons. The van der Waals surface area contributed by atoms with Crippen molar-refractivity contribution in [3.63, 3.8) is 0 Å². The van der Waals surface area contributed by atoms with Gasteiger partial charge in [-0.1, -0.05) is 17.7 Å². The molecular formula is C15H21NO2. The number of hydrogen-bond donors (Lipinski definition) is 1. The van der Waals surface area contributed by atoms with Crippen LogP contribution < -0.4 is 10.5 Å². The minimum absolute atomic E-state index is 0.141. The predicted octanol–water partition coefficient (Wildman–Crippen LogP) is 2.05. The molecule has 1 saturated heterocycles. The van der Waals surface area contributed by atoms with Gasteiger partial charge in [0.1, 0.15) is 11.9 Å². The summed E-state index contributed by atoms with van der Waals surface area (Å²) < 4.78 is 11.6. The molecule has 0 saturated carbocycles. The van der Waals surface area contributed by atoms with Gasteiger partial charge in [0.25, 0.3) is 0 Å². The van der Waals surface area contributed by atoms with Gasteiger partial charge in [0.2, 0.25) is 0 Å². The van der Waals surface area contributed by atoms with Gasteiger partial charge in [0.05, 0.1) is 6.61 Å². The summed E-state index contributed by atoms with van der Waals surface area (Å²) in [6, 6.07) is 6.43. The fourth-order valence-electron chi connectivity index (χ4n) is 3.10. The van der Waals surface area contributed by atoms with Crippen LogP contribution in [0.25, 0.3) is 0 Å². The van der Waals surface area contributed by atoms with Crippen molar-refractivity contribution in [2.75, 3.05) is 19.8 Å². The molecule has 98 valence electrons. The van der Waals surface area contributed by atoms with Gasteiger partial charge in [-0.05, 0) is 31.4 Å². The average molecular weight is 247 g/mol. The Balaban J connectivity index is 1.70. The lowest BCUT2D eigenvalue weighted by atomic mass is 9.81. The lowest BCUT2D eigenvalue weighted by molar-refractivity contribution is 0.108. The third kappa shape index (κ3) is 2.13. The van der Waals surface area contributed by atoms with Crippen molar-refractivity contribution < 1.29 is 9.47 Å². The molecule has 2 N–H and O–H groups in total. The first-order valence-electron chi connectivity index (χ1n) is 6.75. The minimum Gasteiger partial charge on any atom is -0.490 e. The Morgan fingerprint density at radius 3 is 3.06 bits per heavy atom. The van der Waals surface area contributed by atoms with E-state index >= 15 is 0 Å². The molecule has 3 heteroatoms. The summed E-state index contributed by atoms with van der Waals surface area (Å²) in [5.41, 5.74) is 8.72. The van der Waals surface area contributed by atoms with E-state index in [1.54, 1.807) is 0 Å². The van der Waals surface area contributed by atoms with Crippen molar-refractivity contribution in [2.24, 2.45) is 11.1 Å². The second kappa shape index (κ2) is 4.56. The van der Waals surface area contributed by atoms with E-state index in [0.717, 1.165) is 38.2 Å². The third-order valence-corrected chi connectivity index (χ3v) is 4.24. The van der Waals surface area contributed by atoms with Crippen LogP contribution >= 0.6 is 0 Å². The number of hydrogen-bond acceptors (Lipinski definition) is 3. The Kier molecular flexibility index (Phi) is 3.04. The van der Waals surface area contributed by atoms with Gasteiger partial charge in [-0.15, -0.1) is 0 Å². The van der Waals surface area contributed by atoms with Gasteiger partial charge >= 0.3 is 0 Å². The molecule has 3 nitrogen and oxygen atoms in total. The zero-order chi connectivity index (χ0) is 12.6. The fraction of sp³-hybridized carbons (Fsp3) is 0.600. The van der Waals surface area contributed by atoms with Gasteiger partial charge in [-0.25, -0.2) is 0 Å². The molecule has 2 aliphatic rings. The second-order valence-electron chi connectivity index (χ2n) is 5.77. The molecule has 1 aromatic rings. The number of benzene rings is 1. The van der Waals surface area contributed by atoms with Crippen molar-refractivity contribution >= 4 is 0 Å². The molecule has 3 rings (SSSR count). The van der Waals surface area contributed by atoms with Gasteiger partial charge in [-0.2, -0.15) is 0 Å². The molecule has 2 atom stereocenters. The Hall–Kier alpha value is -1.06. The number of aryl methyl sites for hydroxylation is 1. The largest absolute Gasteiger partial charge is 0.490 e. The molecule has 0 aromatic heterocycles. The van der Waals surface area contributed by atoms with Gasteiger partial charge < -0.3 is 15.2 Å². The van der Waals surface area contributed by atoms with Crippen LogP contribution in [0.5, 0.6) is 5.75 Å². The van der Waals surface area contributed by atoms with Crippen LogP contribution in [0.4, 0.5) is 0 Å². The first-order valence-corrected chi connectivity index (χ1v) is 6.75. The first-order chi connectivity index (χ1) is 8.71. The van der Waals surface area contributed by atoms with Crippen LogP contribution in [0.2, 0.25) is 0 Å². The van der Waals surface area contributed by atoms with Crippen molar-refractivity contribution in [3.05, 3.63) is 29.3 Å². The molecule has 0 spiro atoms. The maximum absolute atomic E-state index is 6.04. The molecule has 0 bridgehead atoms. The summed E-state index contributed by atoms with van der Waals surface area (Å²) in [6.45, 7) is 4.46. The van der Waals surface area contributed by atoms with E-state index in [4.69, 9.17) is 15.2 Å². The zero-order valence-corrected chi connectivity index (χ0v) is 10.9. The number of rotatable bonds is 3. The first kappa shape index (κ1) is 12.0. The van der Waals surface area contributed by atoms with Crippen molar-refractivity contribution in [1.29, 1.82) is 0 Å². The summed E-state index contributed by atoms with van der Waals surface area (Å²) in [7, 11) is 0. The van der Waals surface area contributed by atoms with E-state index in [1.807, 2.05) is 0 Å². The van der Waals surface area contributed by atoms with E-state index in [1.165, 1.54) is 11.1 Å².